The summed E-state index contributed by atoms with van der Waals surface area (Å²) >= 11 is 0. The fraction of sp³-hybridized carbons (Fsp3) is 0.462. The number of aliphatic hydroxyl groups is 1. The molecule has 5 heteroatoms. The second kappa shape index (κ2) is 6.49. The lowest BCUT2D eigenvalue weighted by Gasteiger charge is -2.26. The quantitative estimate of drug-likeness (QED) is 0.704. The van der Waals surface area contributed by atoms with E-state index in [0.717, 1.165) is 37.4 Å². The maximum absolute atomic E-state index is 11.8. The molecule has 1 amide bonds. The topological polar surface area (TPSA) is 64.6 Å². The van der Waals surface area contributed by atoms with E-state index >= 15 is 0 Å². The minimum absolute atomic E-state index is 0.00801. The number of anilines is 1. The van der Waals surface area contributed by atoms with Gasteiger partial charge in [0.2, 0.25) is 5.91 Å². The molecule has 0 bridgehead atoms. The van der Waals surface area contributed by atoms with Crippen LogP contribution in [0, 0.1) is 0 Å². The minimum Gasteiger partial charge on any atom is -0.392 e. The number of carbonyl (C=O) groups excluding carboxylic acids is 1. The Hall–Kier alpha value is -1.43. The summed E-state index contributed by atoms with van der Waals surface area (Å²) in [5, 5.41) is 15.0. The lowest BCUT2D eigenvalue weighted by molar-refractivity contribution is -0.117. The number of hydrogen-bond donors (Lipinski definition) is 3. The Morgan fingerprint density at radius 1 is 1.28 bits per heavy atom. The van der Waals surface area contributed by atoms with Crippen molar-refractivity contribution in [3.8, 4) is 0 Å². The van der Waals surface area contributed by atoms with Gasteiger partial charge in [0, 0.05) is 31.9 Å². The van der Waals surface area contributed by atoms with Crippen molar-refractivity contribution < 1.29 is 9.90 Å². The van der Waals surface area contributed by atoms with E-state index in [4.69, 9.17) is 5.11 Å². The van der Waals surface area contributed by atoms with Crippen LogP contribution in [-0.4, -0.2) is 48.6 Å². The highest BCUT2D eigenvalue weighted by atomic mass is 16.3. The van der Waals surface area contributed by atoms with Crippen LogP contribution in [0.25, 0.3) is 0 Å². The first-order chi connectivity index (χ1) is 8.78. The van der Waals surface area contributed by atoms with Crippen LogP contribution in [0.15, 0.2) is 24.3 Å². The summed E-state index contributed by atoms with van der Waals surface area (Å²) in [5.74, 6) is 0.00801. The molecule has 1 saturated heterocycles. The number of nitrogens with zero attached hydrogens (tertiary/aromatic N) is 1. The molecule has 1 heterocycles. The smallest absolute Gasteiger partial charge is 0.238 e. The van der Waals surface area contributed by atoms with Gasteiger partial charge in [-0.05, 0) is 17.7 Å². The molecule has 2 rings (SSSR count). The van der Waals surface area contributed by atoms with Crippen molar-refractivity contribution in [1.82, 2.24) is 10.2 Å². The lowest BCUT2D eigenvalue weighted by Crippen LogP contribution is -2.46. The predicted molar refractivity (Wildman–Crippen MR) is 70.3 cm³/mol. The van der Waals surface area contributed by atoms with Crippen molar-refractivity contribution in [2.45, 2.75) is 6.61 Å². The Kier molecular flexibility index (Phi) is 4.69. The molecule has 1 fully saturated rings. The molecule has 0 atom stereocenters. The van der Waals surface area contributed by atoms with Gasteiger partial charge in [-0.1, -0.05) is 12.1 Å². The van der Waals surface area contributed by atoms with E-state index in [2.05, 4.69) is 15.5 Å². The second-order valence-corrected chi connectivity index (χ2v) is 4.43. The van der Waals surface area contributed by atoms with Gasteiger partial charge >= 0.3 is 0 Å². The second-order valence-electron chi connectivity index (χ2n) is 4.43. The molecule has 1 aromatic rings. The molecule has 0 radical (unpaired) electrons. The zero-order valence-corrected chi connectivity index (χ0v) is 10.4. The lowest BCUT2D eigenvalue weighted by atomic mass is 10.2. The molecule has 98 valence electrons. The number of aliphatic hydroxyl groups excluding tert-OH is 1. The highest BCUT2D eigenvalue weighted by molar-refractivity contribution is 5.92. The third-order valence-electron chi connectivity index (χ3n) is 3.00. The average molecular weight is 249 g/mol. The molecule has 5 nitrogen and oxygen atoms in total. The zero-order chi connectivity index (χ0) is 12.8. The number of carbonyl (C=O) groups is 1. The van der Waals surface area contributed by atoms with Crippen LogP contribution in [0.3, 0.4) is 0 Å². The number of nitrogens with one attached hydrogen (secondary N) is 2. The van der Waals surface area contributed by atoms with Crippen molar-refractivity contribution in [1.29, 1.82) is 0 Å². The normalized spacial score (nSPS) is 16.5. The van der Waals surface area contributed by atoms with Crippen molar-refractivity contribution in [3.63, 3.8) is 0 Å². The van der Waals surface area contributed by atoms with Gasteiger partial charge in [-0.25, -0.2) is 0 Å². The molecule has 1 aliphatic rings. The third-order valence-corrected chi connectivity index (χ3v) is 3.00. The molecule has 1 aromatic carbocycles. The van der Waals surface area contributed by atoms with Gasteiger partial charge in [-0.3, -0.25) is 9.69 Å². The highest BCUT2D eigenvalue weighted by Gasteiger charge is 2.13. The van der Waals surface area contributed by atoms with Crippen LogP contribution in [0.2, 0.25) is 0 Å². The van der Waals surface area contributed by atoms with Crippen LogP contribution in [-0.2, 0) is 11.4 Å². The Morgan fingerprint density at radius 3 is 2.56 bits per heavy atom. The SMILES string of the molecule is O=C(CN1CCNCC1)Nc1ccc(CO)cc1. The molecule has 0 aliphatic carbocycles. The maximum Gasteiger partial charge on any atom is 0.238 e. The van der Waals surface area contributed by atoms with E-state index < -0.39 is 0 Å². The molecule has 1 aliphatic heterocycles. The predicted octanol–water partition coefficient (Wildman–Crippen LogP) is 0.0226. The van der Waals surface area contributed by atoms with Crippen molar-refractivity contribution in [2.75, 3.05) is 38.0 Å². The van der Waals surface area contributed by atoms with Gasteiger partial charge in [0.05, 0.1) is 13.2 Å². The van der Waals surface area contributed by atoms with Crippen LogP contribution in [0.5, 0.6) is 0 Å². The van der Waals surface area contributed by atoms with Crippen molar-refractivity contribution in [3.05, 3.63) is 29.8 Å². The molecule has 0 unspecified atom stereocenters. The zero-order valence-electron chi connectivity index (χ0n) is 10.4. The van der Waals surface area contributed by atoms with E-state index in [9.17, 15) is 4.79 Å². The summed E-state index contributed by atoms with van der Waals surface area (Å²) in [6, 6.07) is 7.23. The van der Waals surface area contributed by atoms with Gasteiger partial charge in [0.25, 0.3) is 0 Å². The van der Waals surface area contributed by atoms with E-state index in [1.807, 2.05) is 0 Å². The largest absolute Gasteiger partial charge is 0.392 e. The Labute approximate surface area is 107 Å². The Morgan fingerprint density at radius 2 is 1.94 bits per heavy atom. The fourth-order valence-corrected chi connectivity index (χ4v) is 1.97. The van der Waals surface area contributed by atoms with Crippen LogP contribution in [0.4, 0.5) is 5.69 Å². The third kappa shape index (κ3) is 3.80. The number of hydrogen-bond acceptors (Lipinski definition) is 4. The summed E-state index contributed by atoms with van der Waals surface area (Å²) in [4.78, 5) is 13.9. The van der Waals surface area contributed by atoms with Gasteiger partial charge in [-0.15, -0.1) is 0 Å². The first-order valence-electron chi connectivity index (χ1n) is 6.20. The first kappa shape index (κ1) is 13.0. The molecular weight excluding hydrogens is 230 g/mol. The molecule has 0 aromatic heterocycles. The number of benzene rings is 1. The van der Waals surface area contributed by atoms with Crippen molar-refractivity contribution in [2.24, 2.45) is 0 Å². The Balaban J connectivity index is 1.82. The monoisotopic (exact) mass is 249 g/mol. The molecule has 0 saturated carbocycles. The molecule has 3 N–H and O–H groups in total. The Bertz CT molecular complexity index is 386. The fourth-order valence-electron chi connectivity index (χ4n) is 1.97. The van der Waals surface area contributed by atoms with Crippen LogP contribution >= 0.6 is 0 Å². The van der Waals surface area contributed by atoms with E-state index in [1.165, 1.54) is 0 Å². The van der Waals surface area contributed by atoms with Crippen LogP contribution in [0.1, 0.15) is 5.56 Å². The van der Waals surface area contributed by atoms with Gasteiger partial charge in [-0.2, -0.15) is 0 Å². The maximum atomic E-state index is 11.8. The van der Waals surface area contributed by atoms with Crippen LogP contribution < -0.4 is 10.6 Å². The standard InChI is InChI=1S/C13H19N3O2/c17-10-11-1-3-12(4-2-11)15-13(18)9-16-7-5-14-6-8-16/h1-4,14,17H,5-10H2,(H,15,18). The van der Waals surface area contributed by atoms with E-state index in [1.54, 1.807) is 24.3 Å². The average Bonchev–Trinajstić information content (AvgIpc) is 2.40. The highest BCUT2D eigenvalue weighted by Crippen LogP contribution is 2.09. The van der Waals surface area contributed by atoms with E-state index in [0.29, 0.717) is 6.54 Å². The molecule has 18 heavy (non-hydrogen) atoms. The van der Waals surface area contributed by atoms with Gasteiger partial charge < -0.3 is 15.7 Å². The summed E-state index contributed by atoms with van der Waals surface area (Å²) in [5.41, 5.74) is 1.61. The number of rotatable bonds is 4. The van der Waals surface area contributed by atoms with Gasteiger partial charge in [0.15, 0.2) is 0 Å². The van der Waals surface area contributed by atoms with E-state index in [-0.39, 0.29) is 12.5 Å². The molecule has 0 spiro atoms. The molecular formula is C13H19N3O2. The summed E-state index contributed by atoms with van der Waals surface area (Å²) < 4.78 is 0. The summed E-state index contributed by atoms with van der Waals surface area (Å²) in [6.45, 7) is 4.17. The first-order valence-corrected chi connectivity index (χ1v) is 6.20. The summed E-state index contributed by atoms with van der Waals surface area (Å²) in [6.07, 6.45) is 0. The number of piperazine rings is 1. The van der Waals surface area contributed by atoms with Crippen molar-refractivity contribution >= 4 is 11.6 Å². The van der Waals surface area contributed by atoms with Gasteiger partial charge in [0.1, 0.15) is 0 Å². The number of amides is 1. The summed E-state index contributed by atoms with van der Waals surface area (Å²) in [7, 11) is 0. The minimum atomic E-state index is 0.00801.